The van der Waals surface area contributed by atoms with Crippen LogP contribution >= 0.6 is 0 Å². The topological polar surface area (TPSA) is 86.2 Å². The van der Waals surface area contributed by atoms with Crippen molar-refractivity contribution in [3.63, 3.8) is 0 Å². The molecule has 0 saturated carbocycles. The molecule has 9 heteroatoms. The van der Waals surface area contributed by atoms with Crippen LogP contribution in [0.4, 0.5) is 4.39 Å². The molecule has 162 valence electrons. The lowest BCUT2D eigenvalue weighted by molar-refractivity contribution is 0.300. The molecule has 0 spiro atoms. The van der Waals surface area contributed by atoms with E-state index in [1.165, 1.54) is 44.7 Å². The van der Waals surface area contributed by atoms with Gasteiger partial charge in [0.25, 0.3) is 10.0 Å². The second kappa shape index (κ2) is 9.94. The van der Waals surface area contributed by atoms with Gasteiger partial charge in [-0.3, -0.25) is 0 Å². The zero-order chi connectivity index (χ0) is 22.3. The zero-order valence-electron chi connectivity index (χ0n) is 16.9. The monoisotopic (exact) mass is 444 g/mol. The van der Waals surface area contributed by atoms with Crippen molar-refractivity contribution in [2.75, 3.05) is 14.2 Å². The van der Waals surface area contributed by atoms with Crippen LogP contribution < -0.4 is 19.0 Å². The molecule has 0 aliphatic rings. The largest absolute Gasteiger partial charge is 0.497 e. The highest BCUT2D eigenvalue weighted by molar-refractivity contribution is 7.89. The van der Waals surface area contributed by atoms with Gasteiger partial charge in [-0.15, -0.1) is 0 Å². The average molecular weight is 444 g/mol. The van der Waals surface area contributed by atoms with Crippen molar-refractivity contribution >= 4 is 16.2 Å². The maximum Gasteiger partial charge on any atom is 0.280 e. The van der Waals surface area contributed by atoms with E-state index in [1.807, 2.05) is 0 Å². The van der Waals surface area contributed by atoms with Gasteiger partial charge in [0.1, 0.15) is 34.6 Å². The molecule has 0 fully saturated rings. The van der Waals surface area contributed by atoms with Gasteiger partial charge in [0.2, 0.25) is 0 Å². The maximum absolute atomic E-state index is 13.6. The first-order valence-corrected chi connectivity index (χ1v) is 10.6. The van der Waals surface area contributed by atoms with Gasteiger partial charge in [0, 0.05) is 11.6 Å². The maximum atomic E-state index is 13.6. The van der Waals surface area contributed by atoms with Crippen molar-refractivity contribution in [3.8, 4) is 17.2 Å². The summed E-state index contributed by atoms with van der Waals surface area (Å²) in [5, 5.41) is 3.80. The molecule has 0 heterocycles. The van der Waals surface area contributed by atoms with E-state index in [-0.39, 0.29) is 23.1 Å². The molecule has 3 rings (SSSR count). The Kier molecular flexibility index (Phi) is 7.09. The van der Waals surface area contributed by atoms with Crippen molar-refractivity contribution in [2.24, 2.45) is 5.10 Å². The zero-order valence-corrected chi connectivity index (χ0v) is 17.7. The van der Waals surface area contributed by atoms with E-state index in [2.05, 4.69) is 9.93 Å². The molecule has 0 aromatic heterocycles. The smallest absolute Gasteiger partial charge is 0.280 e. The van der Waals surface area contributed by atoms with Gasteiger partial charge in [-0.1, -0.05) is 18.2 Å². The van der Waals surface area contributed by atoms with Crippen molar-refractivity contribution < 1.29 is 27.0 Å². The predicted molar refractivity (Wildman–Crippen MR) is 115 cm³/mol. The fraction of sp³-hybridized carbons (Fsp3) is 0.136. The lowest BCUT2D eigenvalue weighted by atomic mass is 10.2. The van der Waals surface area contributed by atoms with Crippen molar-refractivity contribution in [3.05, 3.63) is 83.7 Å². The normalized spacial score (nSPS) is 11.3. The molecule has 1 N–H and O–H groups in total. The summed E-state index contributed by atoms with van der Waals surface area (Å²) < 4.78 is 54.4. The van der Waals surface area contributed by atoms with E-state index in [0.717, 1.165) is 0 Å². The minimum Gasteiger partial charge on any atom is -0.497 e. The average Bonchev–Trinajstić information content (AvgIpc) is 2.78. The van der Waals surface area contributed by atoms with E-state index < -0.39 is 10.0 Å². The summed E-state index contributed by atoms with van der Waals surface area (Å²) in [5.74, 6) is 0.825. The fourth-order valence-corrected chi connectivity index (χ4v) is 3.59. The van der Waals surface area contributed by atoms with Crippen LogP contribution in [-0.2, 0) is 16.6 Å². The molecular weight excluding hydrogens is 423 g/mol. The summed E-state index contributed by atoms with van der Waals surface area (Å²) in [6.07, 6.45) is 1.36. The van der Waals surface area contributed by atoms with Gasteiger partial charge in [-0.05, 0) is 48.0 Å². The second-order valence-electron chi connectivity index (χ2n) is 6.32. The first kappa shape index (κ1) is 22.1. The molecule has 0 atom stereocenters. The molecule has 0 aliphatic carbocycles. The number of nitrogens with zero attached hydrogens (tertiary/aromatic N) is 1. The number of methoxy groups -OCH3 is 2. The SMILES string of the molecule is COc1ccc(S(=O)(=O)NN=Cc2ccc(OCc3ccccc3F)cc2)c(OC)c1. The number of hydrogen-bond acceptors (Lipinski definition) is 6. The van der Waals surface area contributed by atoms with Gasteiger partial charge in [-0.25, -0.2) is 4.39 Å². The van der Waals surface area contributed by atoms with Crippen LogP contribution in [0, 0.1) is 5.82 Å². The van der Waals surface area contributed by atoms with E-state index in [0.29, 0.717) is 22.6 Å². The number of rotatable bonds is 9. The Morgan fingerprint density at radius 2 is 1.68 bits per heavy atom. The molecule has 31 heavy (non-hydrogen) atoms. The van der Waals surface area contributed by atoms with E-state index in [9.17, 15) is 12.8 Å². The Labute approximate surface area is 180 Å². The Bertz CT molecular complexity index is 1160. The highest BCUT2D eigenvalue weighted by Gasteiger charge is 2.19. The van der Waals surface area contributed by atoms with Gasteiger partial charge in [0.15, 0.2) is 0 Å². The molecule has 0 unspecified atom stereocenters. The summed E-state index contributed by atoms with van der Waals surface area (Å²) in [4.78, 5) is 2.09. The highest BCUT2D eigenvalue weighted by atomic mass is 32.2. The lowest BCUT2D eigenvalue weighted by Crippen LogP contribution is -2.19. The second-order valence-corrected chi connectivity index (χ2v) is 7.95. The summed E-state index contributed by atoms with van der Waals surface area (Å²) in [7, 11) is -1.10. The summed E-state index contributed by atoms with van der Waals surface area (Å²) in [5.41, 5.74) is 1.10. The molecule has 3 aromatic rings. The summed E-state index contributed by atoms with van der Waals surface area (Å²) in [6.45, 7) is 0.101. The van der Waals surface area contributed by atoms with Crippen molar-refractivity contribution in [1.29, 1.82) is 0 Å². The Balaban J connectivity index is 1.62. The number of sulfonamides is 1. The Morgan fingerprint density at radius 1 is 0.968 bits per heavy atom. The first-order chi connectivity index (χ1) is 14.9. The Hall–Kier alpha value is -3.59. The third-order valence-corrected chi connectivity index (χ3v) is 5.54. The first-order valence-electron chi connectivity index (χ1n) is 9.16. The number of nitrogens with one attached hydrogen (secondary N) is 1. The van der Waals surface area contributed by atoms with E-state index >= 15 is 0 Å². The lowest BCUT2D eigenvalue weighted by Gasteiger charge is -2.10. The van der Waals surface area contributed by atoms with Crippen LogP contribution in [0.1, 0.15) is 11.1 Å². The minimum absolute atomic E-state index is 0.0650. The Morgan fingerprint density at radius 3 is 2.35 bits per heavy atom. The molecule has 0 saturated heterocycles. The number of hydrogen-bond donors (Lipinski definition) is 1. The quantitative estimate of drug-likeness (QED) is 0.401. The van der Waals surface area contributed by atoms with Crippen molar-refractivity contribution in [1.82, 2.24) is 4.83 Å². The molecule has 0 amide bonds. The van der Waals surface area contributed by atoms with Crippen LogP contribution in [0.5, 0.6) is 17.2 Å². The van der Waals surface area contributed by atoms with Crippen LogP contribution in [0.3, 0.4) is 0 Å². The minimum atomic E-state index is -3.94. The van der Waals surface area contributed by atoms with Gasteiger partial charge >= 0.3 is 0 Å². The number of ether oxygens (including phenoxy) is 3. The number of halogens is 1. The summed E-state index contributed by atoms with van der Waals surface area (Å²) in [6, 6.07) is 17.5. The summed E-state index contributed by atoms with van der Waals surface area (Å²) >= 11 is 0. The van der Waals surface area contributed by atoms with Gasteiger partial charge in [0.05, 0.1) is 20.4 Å². The molecule has 3 aromatic carbocycles. The fourth-order valence-electron chi connectivity index (χ4n) is 2.64. The van der Waals surface area contributed by atoms with E-state index in [4.69, 9.17) is 14.2 Å². The molecule has 0 radical (unpaired) electrons. The van der Waals surface area contributed by atoms with Crippen LogP contribution in [0.2, 0.25) is 0 Å². The number of benzene rings is 3. The van der Waals surface area contributed by atoms with Gasteiger partial charge in [-0.2, -0.15) is 18.4 Å². The predicted octanol–water partition coefficient (Wildman–Crippen LogP) is 3.73. The third-order valence-electron chi connectivity index (χ3n) is 4.28. The van der Waals surface area contributed by atoms with E-state index in [1.54, 1.807) is 42.5 Å². The van der Waals surface area contributed by atoms with Crippen LogP contribution in [0.25, 0.3) is 0 Å². The third kappa shape index (κ3) is 5.73. The molecule has 7 nitrogen and oxygen atoms in total. The number of hydrazone groups is 1. The molecule has 0 bridgehead atoms. The molecular formula is C22H21FN2O5S. The van der Waals surface area contributed by atoms with Crippen molar-refractivity contribution in [2.45, 2.75) is 11.5 Å². The highest BCUT2D eigenvalue weighted by Crippen LogP contribution is 2.28. The van der Waals surface area contributed by atoms with Crippen LogP contribution in [0.15, 0.2) is 76.7 Å². The van der Waals surface area contributed by atoms with Crippen LogP contribution in [-0.4, -0.2) is 28.9 Å². The standard InChI is InChI=1S/C22H21FN2O5S/c1-28-19-11-12-22(21(13-19)29-2)31(26,27)25-24-14-16-7-9-18(10-8-16)30-15-17-5-3-4-6-20(17)23/h3-14,25H,15H2,1-2H3. The molecule has 0 aliphatic heterocycles. The van der Waals surface area contributed by atoms with Gasteiger partial charge < -0.3 is 14.2 Å².